The van der Waals surface area contributed by atoms with Gasteiger partial charge in [-0.25, -0.2) is 4.99 Å². The van der Waals surface area contributed by atoms with Crippen LogP contribution in [0, 0.1) is 6.92 Å². The van der Waals surface area contributed by atoms with E-state index in [9.17, 15) is 9.59 Å². The molecule has 0 aliphatic carbocycles. The minimum Gasteiger partial charge on any atom is -0.325 e. The number of thioether (sulfide) groups is 1. The van der Waals surface area contributed by atoms with Crippen molar-refractivity contribution in [3.8, 4) is 0 Å². The molecule has 1 unspecified atom stereocenters. The van der Waals surface area contributed by atoms with E-state index < -0.39 is 5.25 Å². The third-order valence-corrected chi connectivity index (χ3v) is 7.24. The van der Waals surface area contributed by atoms with Gasteiger partial charge in [0.1, 0.15) is 5.25 Å². The highest BCUT2D eigenvalue weighted by atomic mass is 79.9. The summed E-state index contributed by atoms with van der Waals surface area (Å²) in [7, 11) is 0. The molecule has 1 aliphatic rings. The van der Waals surface area contributed by atoms with Gasteiger partial charge in [0.2, 0.25) is 11.8 Å². The first-order valence-electron chi connectivity index (χ1n) is 10.2. The van der Waals surface area contributed by atoms with Gasteiger partial charge in [0.15, 0.2) is 5.17 Å². The lowest BCUT2D eigenvalue weighted by Crippen LogP contribution is -2.33. The molecule has 9 heteroatoms. The molecule has 1 saturated heterocycles. The van der Waals surface area contributed by atoms with E-state index in [0.717, 1.165) is 15.7 Å². The van der Waals surface area contributed by atoms with Crippen molar-refractivity contribution in [1.82, 2.24) is 9.88 Å². The van der Waals surface area contributed by atoms with Gasteiger partial charge in [-0.2, -0.15) is 0 Å². The summed E-state index contributed by atoms with van der Waals surface area (Å²) >= 11 is 11.0. The summed E-state index contributed by atoms with van der Waals surface area (Å²) in [4.78, 5) is 36.5. The number of nitrogens with one attached hydrogen (secondary N) is 1. The van der Waals surface area contributed by atoms with E-state index in [1.807, 2.05) is 55.5 Å². The Hall–Kier alpha value is -2.68. The molecule has 1 aromatic heterocycles. The van der Waals surface area contributed by atoms with Crippen LogP contribution in [-0.2, 0) is 16.1 Å². The Morgan fingerprint density at radius 3 is 2.73 bits per heavy atom. The molecule has 3 aromatic rings. The highest BCUT2D eigenvalue weighted by Crippen LogP contribution is 2.34. The third kappa shape index (κ3) is 5.82. The fourth-order valence-corrected chi connectivity index (χ4v) is 4.93. The molecule has 2 aromatic carbocycles. The molecule has 0 spiro atoms. The zero-order valence-electron chi connectivity index (χ0n) is 17.7. The van der Waals surface area contributed by atoms with Gasteiger partial charge in [0.25, 0.3) is 0 Å². The number of nitrogens with zero attached hydrogens (tertiary/aromatic N) is 3. The fourth-order valence-electron chi connectivity index (χ4n) is 3.22. The highest BCUT2D eigenvalue weighted by Gasteiger charge is 2.39. The van der Waals surface area contributed by atoms with Gasteiger partial charge in [0, 0.05) is 22.1 Å². The molecule has 168 valence electrons. The number of amides is 2. The number of hydrogen-bond donors (Lipinski definition) is 1. The number of anilines is 1. The molecule has 1 aliphatic heterocycles. The van der Waals surface area contributed by atoms with Crippen LogP contribution in [0.4, 0.5) is 11.4 Å². The Morgan fingerprint density at radius 2 is 2.00 bits per heavy atom. The molecular formula is C24H20BrClN4O2S. The van der Waals surface area contributed by atoms with Crippen LogP contribution in [0.3, 0.4) is 0 Å². The number of para-hydroxylation sites is 1. The van der Waals surface area contributed by atoms with E-state index in [1.165, 1.54) is 11.8 Å². The Labute approximate surface area is 209 Å². The second-order valence-electron chi connectivity index (χ2n) is 7.41. The molecule has 2 heterocycles. The molecule has 2 amide bonds. The van der Waals surface area contributed by atoms with Gasteiger partial charge in [-0.1, -0.05) is 47.6 Å². The number of aryl methyl sites for hydroxylation is 1. The summed E-state index contributed by atoms with van der Waals surface area (Å²) in [5, 5.41) is 3.40. The summed E-state index contributed by atoms with van der Waals surface area (Å²) in [6.07, 6.45) is 1.71. The SMILES string of the molecule is Cc1ccc(N=C2SC(CC(=O)Nc3ccccc3Br)C(=O)N2Cc2ccccn2)cc1Cl. The van der Waals surface area contributed by atoms with Gasteiger partial charge in [-0.05, 0) is 64.8 Å². The van der Waals surface area contributed by atoms with Gasteiger partial charge in [-0.15, -0.1) is 0 Å². The predicted molar refractivity (Wildman–Crippen MR) is 137 cm³/mol. The first-order valence-corrected chi connectivity index (χ1v) is 12.2. The van der Waals surface area contributed by atoms with E-state index in [1.54, 1.807) is 23.2 Å². The second-order valence-corrected chi connectivity index (χ2v) is 9.84. The van der Waals surface area contributed by atoms with Crippen molar-refractivity contribution in [3.05, 3.63) is 87.6 Å². The minimum atomic E-state index is -0.587. The van der Waals surface area contributed by atoms with E-state index in [-0.39, 0.29) is 24.8 Å². The summed E-state index contributed by atoms with van der Waals surface area (Å²) in [6.45, 7) is 2.19. The van der Waals surface area contributed by atoms with Crippen LogP contribution in [0.2, 0.25) is 5.02 Å². The van der Waals surface area contributed by atoms with Gasteiger partial charge in [0.05, 0.1) is 23.6 Å². The molecular weight excluding hydrogens is 524 g/mol. The van der Waals surface area contributed by atoms with Gasteiger partial charge < -0.3 is 5.32 Å². The average molecular weight is 544 g/mol. The molecule has 1 N–H and O–H groups in total. The fraction of sp³-hybridized carbons (Fsp3) is 0.167. The van der Waals surface area contributed by atoms with Crippen LogP contribution in [0.1, 0.15) is 17.7 Å². The molecule has 0 radical (unpaired) electrons. The lowest BCUT2D eigenvalue weighted by Gasteiger charge is -2.16. The lowest BCUT2D eigenvalue weighted by molar-refractivity contribution is -0.128. The van der Waals surface area contributed by atoms with Crippen LogP contribution < -0.4 is 5.32 Å². The van der Waals surface area contributed by atoms with Gasteiger partial charge >= 0.3 is 0 Å². The van der Waals surface area contributed by atoms with Crippen molar-refractivity contribution in [2.75, 3.05) is 5.32 Å². The van der Waals surface area contributed by atoms with E-state index >= 15 is 0 Å². The third-order valence-electron chi connectivity index (χ3n) is 4.97. The van der Waals surface area contributed by atoms with Gasteiger partial charge in [-0.3, -0.25) is 19.5 Å². The largest absolute Gasteiger partial charge is 0.325 e. The number of carbonyl (C=O) groups is 2. The van der Waals surface area contributed by atoms with Crippen LogP contribution >= 0.6 is 39.3 Å². The maximum atomic E-state index is 13.3. The number of pyridine rings is 1. The highest BCUT2D eigenvalue weighted by molar-refractivity contribution is 9.10. The first kappa shape index (κ1) is 23.5. The molecule has 0 saturated carbocycles. The van der Waals surface area contributed by atoms with E-state index in [2.05, 4.69) is 31.2 Å². The Kier molecular flexibility index (Phi) is 7.47. The number of aliphatic imine (C=N–C) groups is 1. The Bertz CT molecular complexity index is 1220. The van der Waals surface area contributed by atoms with Crippen molar-refractivity contribution >= 4 is 67.6 Å². The normalized spacial score (nSPS) is 16.9. The van der Waals surface area contributed by atoms with Crippen LogP contribution in [0.15, 0.2) is 76.3 Å². The zero-order valence-corrected chi connectivity index (χ0v) is 20.8. The molecule has 1 fully saturated rings. The smallest absolute Gasteiger partial charge is 0.243 e. The van der Waals surface area contributed by atoms with Crippen LogP contribution in [0.5, 0.6) is 0 Å². The molecule has 33 heavy (non-hydrogen) atoms. The number of benzene rings is 2. The molecule has 0 bridgehead atoms. The van der Waals surface area contributed by atoms with Crippen molar-refractivity contribution in [2.24, 2.45) is 4.99 Å². The van der Waals surface area contributed by atoms with Crippen LogP contribution in [-0.4, -0.2) is 32.1 Å². The second kappa shape index (κ2) is 10.5. The minimum absolute atomic E-state index is 0.0250. The summed E-state index contributed by atoms with van der Waals surface area (Å²) in [5.41, 5.74) is 2.99. The first-order chi connectivity index (χ1) is 15.9. The van der Waals surface area contributed by atoms with E-state index in [4.69, 9.17) is 11.6 Å². The number of aromatic nitrogens is 1. The number of hydrogen-bond acceptors (Lipinski definition) is 5. The maximum absolute atomic E-state index is 13.3. The number of amidine groups is 1. The predicted octanol–water partition coefficient (Wildman–Crippen LogP) is 5.97. The van der Waals surface area contributed by atoms with Crippen molar-refractivity contribution in [3.63, 3.8) is 0 Å². The van der Waals surface area contributed by atoms with Crippen LogP contribution in [0.25, 0.3) is 0 Å². The van der Waals surface area contributed by atoms with Crippen molar-refractivity contribution < 1.29 is 9.59 Å². The van der Waals surface area contributed by atoms with Crippen molar-refractivity contribution in [1.29, 1.82) is 0 Å². The Balaban J connectivity index is 1.57. The number of rotatable bonds is 6. The standard InChI is InChI=1S/C24H20BrClN4O2S/c1-15-9-10-16(12-19(15)26)28-24-30(14-17-6-4-5-11-27-17)23(32)21(33-24)13-22(31)29-20-8-3-2-7-18(20)25/h2-12,21H,13-14H2,1H3,(H,29,31). The molecule has 4 rings (SSSR count). The summed E-state index contributed by atoms with van der Waals surface area (Å²) < 4.78 is 0.777. The molecule has 1 atom stereocenters. The van der Waals surface area contributed by atoms with Crippen molar-refractivity contribution in [2.45, 2.75) is 25.1 Å². The average Bonchev–Trinajstić information content (AvgIpc) is 3.07. The monoisotopic (exact) mass is 542 g/mol. The zero-order chi connectivity index (χ0) is 23.4. The summed E-state index contributed by atoms with van der Waals surface area (Å²) in [6, 6.07) is 18.4. The lowest BCUT2D eigenvalue weighted by atomic mass is 10.2. The van der Waals surface area contributed by atoms with E-state index in [0.29, 0.717) is 21.6 Å². The number of halogens is 2. The maximum Gasteiger partial charge on any atom is 0.243 e. The number of carbonyl (C=O) groups excluding carboxylic acids is 2. The Morgan fingerprint density at radius 1 is 1.21 bits per heavy atom. The summed E-state index contributed by atoms with van der Waals surface area (Å²) in [5.74, 6) is -0.421. The molecule has 6 nitrogen and oxygen atoms in total. The quantitative estimate of drug-likeness (QED) is 0.416. The topological polar surface area (TPSA) is 74.7 Å².